The second-order valence-corrected chi connectivity index (χ2v) is 7.30. The Kier molecular flexibility index (Phi) is 5.82. The molecule has 0 spiro atoms. The van der Waals surface area contributed by atoms with Crippen LogP contribution < -0.4 is 0 Å². The lowest BCUT2D eigenvalue weighted by Crippen LogP contribution is -2.41. The number of piperidine rings is 1. The molecule has 1 aliphatic heterocycles. The molecule has 1 amide bonds. The van der Waals surface area contributed by atoms with Gasteiger partial charge in [0.05, 0.1) is 6.04 Å². The zero-order valence-electron chi connectivity index (χ0n) is 15.5. The van der Waals surface area contributed by atoms with E-state index >= 15 is 0 Å². The van der Waals surface area contributed by atoms with Crippen LogP contribution in [-0.2, 0) is 4.79 Å². The van der Waals surface area contributed by atoms with Crippen molar-refractivity contribution in [1.29, 1.82) is 0 Å². The highest BCUT2D eigenvalue weighted by molar-refractivity contribution is 5.76. The molecule has 0 aromatic heterocycles. The number of carbonyl (C=O) groups is 1. The minimum atomic E-state index is -0.296. The number of likely N-dealkylation sites (tertiary alicyclic amines) is 1. The maximum absolute atomic E-state index is 11.8. The Labute approximate surface area is 155 Å². The summed E-state index contributed by atoms with van der Waals surface area (Å²) in [6.07, 6.45) is 1.92. The third-order valence-corrected chi connectivity index (χ3v) is 5.59. The third kappa shape index (κ3) is 4.01. The van der Waals surface area contributed by atoms with Gasteiger partial charge in [-0.1, -0.05) is 59.8 Å². The number of hydrogen-bond acceptors (Lipinski definition) is 3. The van der Waals surface area contributed by atoms with Gasteiger partial charge in [0.2, 0.25) is 5.91 Å². The normalized spacial score (nSPS) is 19.8. The van der Waals surface area contributed by atoms with Crippen LogP contribution in [0.15, 0.2) is 59.8 Å². The molecule has 26 heavy (non-hydrogen) atoms. The largest absolute Gasteiger partial charge is 0.345 e. The quantitative estimate of drug-likeness (QED) is 0.719. The third-order valence-electron chi connectivity index (χ3n) is 5.59. The molecule has 2 aromatic rings. The molecule has 1 fully saturated rings. The van der Waals surface area contributed by atoms with E-state index in [-0.39, 0.29) is 23.8 Å². The lowest BCUT2D eigenvalue weighted by atomic mass is 9.79. The molecule has 1 heterocycles. The zero-order chi connectivity index (χ0) is 18.5. The van der Waals surface area contributed by atoms with Crippen molar-refractivity contribution in [1.82, 2.24) is 4.90 Å². The monoisotopic (exact) mass is 350 g/mol. The molecule has 1 saturated heterocycles. The lowest BCUT2D eigenvalue weighted by molar-refractivity contribution is -0.133. The van der Waals surface area contributed by atoms with E-state index in [4.69, 9.17) is 0 Å². The van der Waals surface area contributed by atoms with Crippen molar-refractivity contribution < 1.29 is 4.79 Å². The van der Waals surface area contributed by atoms with Crippen LogP contribution in [0.1, 0.15) is 41.9 Å². The topological polar surface area (TPSA) is 49.7 Å². The average molecular weight is 350 g/mol. The smallest absolute Gasteiger partial charge is 0.222 e. The second kappa shape index (κ2) is 8.26. The molecule has 1 aliphatic rings. The summed E-state index contributed by atoms with van der Waals surface area (Å²) >= 11 is 0. The van der Waals surface area contributed by atoms with Gasteiger partial charge in [0, 0.05) is 31.8 Å². The Hall–Kier alpha value is -2.49. The molecule has 3 atom stereocenters. The van der Waals surface area contributed by atoms with Gasteiger partial charge in [0.25, 0.3) is 0 Å². The van der Waals surface area contributed by atoms with Gasteiger partial charge in [-0.05, 0) is 36.5 Å². The molecular formula is C22H26N2O2. The predicted molar refractivity (Wildman–Crippen MR) is 104 cm³/mol. The Morgan fingerprint density at radius 3 is 2.46 bits per heavy atom. The van der Waals surface area contributed by atoms with Crippen LogP contribution in [-0.4, -0.2) is 30.4 Å². The highest BCUT2D eigenvalue weighted by Crippen LogP contribution is 2.35. The van der Waals surface area contributed by atoms with Gasteiger partial charge in [-0.25, -0.2) is 0 Å². The second-order valence-electron chi connectivity index (χ2n) is 7.30. The standard InChI is InChI=1S/C22H26N2O2/c1-16-8-6-7-11-19(16)20(17-9-4-3-5-10-17)14-21(23-26)18-12-13-22(25)24(2)15-18/h3-11,18,20-21H,12-15H2,1-2H3. The van der Waals surface area contributed by atoms with Crippen molar-refractivity contribution in [3.63, 3.8) is 0 Å². The van der Waals surface area contributed by atoms with Crippen LogP contribution in [0, 0.1) is 17.7 Å². The fourth-order valence-corrected chi connectivity index (χ4v) is 4.03. The van der Waals surface area contributed by atoms with E-state index in [0.29, 0.717) is 19.4 Å². The predicted octanol–water partition coefficient (Wildman–Crippen LogP) is 4.52. The number of carbonyl (C=O) groups excluding carboxylic acids is 1. The van der Waals surface area contributed by atoms with Crippen LogP contribution in [0.5, 0.6) is 0 Å². The minimum Gasteiger partial charge on any atom is -0.345 e. The van der Waals surface area contributed by atoms with Crippen molar-refractivity contribution in [2.75, 3.05) is 13.6 Å². The van der Waals surface area contributed by atoms with Crippen LogP contribution in [0.4, 0.5) is 0 Å². The molecule has 0 N–H and O–H groups in total. The van der Waals surface area contributed by atoms with Crippen LogP contribution >= 0.6 is 0 Å². The zero-order valence-corrected chi connectivity index (χ0v) is 15.5. The number of amides is 1. The number of benzene rings is 2. The molecule has 4 heteroatoms. The Balaban J connectivity index is 1.88. The van der Waals surface area contributed by atoms with Gasteiger partial charge in [0.15, 0.2) is 0 Å². The van der Waals surface area contributed by atoms with Crippen LogP contribution in [0.2, 0.25) is 0 Å². The van der Waals surface area contributed by atoms with Crippen molar-refractivity contribution in [3.05, 3.63) is 76.2 Å². The van der Waals surface area contributed by atoms with E-state index in [0.717, 1.165) is 6.42 Å². The number of hydrogen-bond donors (Lipinski definition) is 0. The summed E-state index contributed by atoms with van der Waals surface area (Å²) in [6.45, 7) is 2.73. The molecular weight excluding hydrogens is 324 g/mol. The average Bonchev–Trinajstić information content (AvgIpc) is 2.67. The Bertz CT molecular complexity index is 760. The van der Waals surface area contributed by atoms with Gasteiger partial charge in [-0.15, -0.1) is 0 Å². The van der Waals surface area contributed by atoms with E-state index in [1.54, 1.807) is 4.90 Å². The van der Waals surface area contributed by atoms with Gasteiger partial charge in [0.1, 0.15) is 0 Å². The van der Waals surface area contributed by atoms with Crippen LogP contribution in [0.25, 0.3) is 0 Å². The first kappa shape index (κ1) is 18.3. The molecule has 0 saturated carbocycles. The fraction of sp³-hybridized carbons (Fsp3) is 0.409. The van der Waals surface area contributed by atoms with Crippen molar-refractivity contribution in [3.8, 4) is 0 Å². The first-order chi connectivity index (χ1) is 12.6. The van der Waals surface area contributed by atoms with E-state index in [1.165, 1.54) is 16.7 Å². The van der Waals surface area contributed by atoms with E-state index in [1.807, 2.05) is 31.3 Å². The summed E-state index contributed by atoms with van der Waals surface area (Å²) in [6, 6.07) is 18.4. The molecule has 0 aliphatic carbocycles. The van der Waals surface area contributed by atoms with Gasteiger partial charge in [-0.2, -0.15) is 4.91 Å². The number of rotatable bonds is 6. The Morgan fingerprint density at radius 2 is 1.81 bits per heavy atom. The summed E-state index contributed by atoms with van der Waals surface area (Å²) in [5.41, 5.74) is 3.67. The molecule has 3 rings (SSSR count). The summed E-state index contributed by atoms with van der Waals surface area (Å²) in [5, 5.41) is 3.50. The molecule has 4 nitrogen and oxygen atoms in total. The lowest BCUT2D eigenvalue weighted by Gasteiger charge is -2.33. The van der Waals surface area contributed by atoms with E-state index in [2.05, 4.69) is 42.4 Å². The molecule has 0 bridgehead atoms. The van der Waals surface area contributed by atoms with Gasteiger partial charge in [-0.3, -0.25) is 4.79 Å². The van der Waals surface area contributed by atoms with E-state index < -0.39 is 0 Å². The summed E-state index contributed by atoms with van der Waals surface area (Å²) in [7, 11) is 1.81. The molecule has 0 radical (unpaired) electrons. The number of nitroso groups, excluding NO2 is 1. The number of aryl methyl sites for hydroxylation is 1. The summed E-state index contributed by atoms with van der Waals surface area (Å²) < 4.78 is 0. The van der Waals surface area contributed by atoms with Gasteiger partial charge < -0.3 is 4.90 Å². The number of nitrogens with zero attached hydrogens (tertiary/aromatic N) is 2. The molecule has 2 aromatic carbocycles. The summed E-state index contributed by atoms with van der Waals surface area (Å²) in [4.78, 5) is 25.2. The van der Waals surface area contributed by atoms with Crippen molar-refractivity contribution in [2.45, 2.75) is 38.1 Å². The molecule has 136 valence electrons. The van der Waals surface area contributed by atoms with E-state index in [9.17, 15) is 9.70 Å². The van der Waals surface area contributed by atoms with Crippen LogP contribution in [0.3, 0.4) is 0 Å². The maximum Gasteiger partial charge on any atom is 0.222 e. The maximum atomic E-state index is 11.8. The highest BCUT2D eigenvalue weighted by atomic mass is 16.3. The van der Waals surface area contributed by atoms with Crippen molar-refractivity contribution >= 4 is 5.91 Å². The summed E-state index contributed by atoms with van der Waals surface area (Å²) in [5.74, 6) is 0.415. The minimum absolute atomic E-state index is 0.128. The SMILES string of the molecule is Cc1ccccc1C(CC(N=O)C1CCC(=O)N(C)C1)c1ccccc1. The fourth-order valence-electron chi connectivity index (χ4n) is 4.03. The Morgan fingerprint density at radius 1 is 1.12 bits per heavy atom. The van der Waals surface area contributed by atoms with Gasteiger partial charge >= 0.3 is 0 Å². The van der Waals surface area contributed by atoms with Crippen molar-refractivity contribution in [2.24, 2.45) is 11.1 Å². The first-order valence-electron chi connectivity index (χ1n) is 9.27. The first-order valence-corrected chi connectivity index (χ1v) is 9.27. The highest BCUT2D eigenvalue weighted by Gasteiger charge is 2.32. The molecule has 3 unspecified atom stereocenters.